The zero-order chi connectivity index (χ0) is 6.81. The Balaban J connectivity index is 2.23. The topological polar surface area (TPSA) is 24.4 Å². The number of nitrogens with one attached hydrogen (secondary N) is 1. The quantitative estimate of drug-likeness (QED) is 0.530. The first-order valence-electron chi connectivity index (χ1n) is 3.92. The minimum Gasteiger partial charge on any atom is -0.388 e. The summed E-state index contributed by atoms with van der Waals surface area (Å²) in [7, 11) is 0. The molecule has 0 bridgehead atoms. The van der Waals surface area contributed by atoms with Gasteiger partial charge in [0.25, 0.3) is 0 Å². The van der Waals surface area contributed by atoms with Crippen LogP contribution in [0.5, 0.6) is 0 Å². The van der Waals surface area contributed by atoms with Crippen LogP contribution in [0.15, 0.2) is 16.3 Å². The summed E-state index contributed by atoms with van der Waals surface area (Å²) in [5, 5.41) is 3.41. The molecule has 0 saturated carbocycles. The van der Waals surface area contributed by atoms with E-state index in [9.17, 15) is 0 Å². The van der Waals surface area contributed by atoms with Gasteiger partial charge in [-0.15, -0.1) is 0 Å². The number of hydrogen-bond acceptors (Lipinski definition) is 2. The Hall–Kier alpha value is -0.790. The van der Waals surface area contributed by atoms with E-state index in [1.165, 1.54) is 24.1 Å². The fourth-order valence-corrected chi connectivity index (χ4v) is 1.53. The van der Waals surface area contributed by atoms with Crippen LogP contribution in [-0.2, 0) is 0 Å². The first-order chi connectivity index (χ1) is 4.97. The molecule has 0 aliphatic carbocycles. The van der Waals surface area contributed by atoms with Gasteiger partial charge in [-0.2, -0.15) is 0 Å². The minimum absolute atomic E-state index is 0.978. The van der Waals surface area contributed by atoms with Crippen LogP contribution in [0.25, 0.3) is 0 Å². The first-order valence-corrected chi connectivity index (χ1v) is 3.92. The maximum Gasteiger partial charge on any atom is 0.0444 e. The van der Waals surface area contributed by atoms with Gasteiger partial charge < -0.3 is 5.32 Å². The number of hydrogen-bond donors (Lipinski definition) is 1. The molecule has 0 aromatic heterocycles. The highest BCUT2D eigenvalue weighted by molar-refractivity contribution is 5.80. The number of allylic oxidation sites excluding steroid dienone is 1. The van der Waals surface area contributed by atoms with Crippen molar-refractivity contribution in [3.63, 3.8) is 0 Å². The summed E-state index contributed by atoms with van der Waals surface area (Å²) in [6.45, 7) is 2.14. The summed E-state index contributed by atoms with van der Waals surface area (Å²) in [6, 6.07) is 0. The maximum absolute atomic E-state index is 4.24. The third-order valence-electron chi connectivity index (χ3n) is 2.09. The van der Waals surface area contributed by atoms with Gasteiger partial charge in [-0.1, -0.05) is 0 Å². The number of dihydropyridines is 1. The van der Waals surface area contributed by atoms with Gasteiger partial charge in [0.15, 0.2) is 0 Å². The molecule has 0 atom stereocenters. The summed E-state index contributed by atoms with van der Waals surface area (Å²) in [4.78, 5) is 4.24. The Bertz CT molecular complexity index is 191. The molecular formula is C8H12N2. The molecule has 2 heterocycles. The summed E-state index contributed by atoms with van der Waals surface area (Å²) in [6.07, 6.45) is 5.66. The van der Waals surface area contributed by atoms with Gasteiger partial charge in [-0.3, -0.25) is 4.99 Å². The van der Waals surface area contributed by atoms with Crippen molar-refractivity contribution in [2.24, 2.45) is 4.99 Å². The van der Waals surface area contributed by atoms with Gasteiger partial charge >= 0.3 is 0 Å². The summed E-state index contributed by atoms with van der Waals surface area (Å²) >= 11 is 0. The van der Waals surface area contributed by atoms with Crippen LogP contribution in [0.3, 0.4) is 0 Å². The molecule has 54 valence electrons. The monoisotopic (exact) mass is 136 g/mol. The van der Waals surface area contributed by atoms with Gasteiger partial charge in [0.05, 0.1) is 0 Å². The normalized spacial score (nSPS) is 24.0. The number of aliphatic imine (C=N–C) groups is 1. The van der Waals surface area contributed by atoms with Gasteiger partial charge in [0.2, 0.25) is 0 Å². The van der Waals surface area contributed by atoms with Crippen molar-refractivity contribution < 1.29 is 0 Å². The Morgan fingerprint density at radius 1 is 1.40 bits per heavy atom. The van der Waals surface area contributed by atoms with Gasteiger partial charge in [-0.25, -0.2) is 0 Å². The second kappa shape index (κ2) is 2.45. The number of rotatable bonds is 0. The molecule has 0 radical (unpaired) electrons. The van der Waals surface area contributed by atoms with Crippen LogP contribution < -0.4 is 5.32 Å². The van der Waals surface area contributed by atoms with Gasteiger partial charge in [-0.05, 0) is 18.4 Å². The van der Waals surface area contributed by atoms with Crippen LogP contribution >= 0.6 is 0 Å². The van der Waals surface area contributed by atoms with E-state index in [0.29, 0.717) is 0 Å². The van der Waals surface area contributed by atoms with Crippen molar-refractivity contribution in [3.05, 3.63) is 11.3 Å². The zero-order valence-corrected chi connectivity index (χ0v) is 6.06. The summed E-state index contributed by atoms with van der Waals surface area (Å²) in [5.74, 6) is 0. The minimum atomic E-state index is 0.978. The standard InChI is InChI=1S/C8H12N2/c1-2-7-6-9-5-3-8(7)10-4-1/h6,10H,1-5H2. The van der Waals surface area contributed by atoms with E-state index >= 15 is 0 Å². The molecule has 0 saturated heterocycles. The SMILES string of the molecule is C1=NCCC2=C1CCCN2. The fraction of sp³-hybridized carbons (Fsp3) is 0.625. The van der Waals surface area contributed by atoms with Crippen molar-refractivity contribution in [1.29, 1.82) is 0 Å². The van der Waals surface area contributed by atoms with Crippen molar-refractivity contribution in [1.82, 2.24) is 5.32 Å². The van der Waals surface area contributed by atoms with Crippen LogP contribution in [0.2, 0.25) is 0 Å². The molecule has 1 N–H and O–H groups in total. The lowest BCUT2D eigenvalue weighted by atomic mass is 10.0. The highest BCUT2D eigenvalue weighted by Crippen LogP contribution is 2.17. The molecule has 2 nitrogen and oxygen atoms in total. The summed E-state index contributed by atoms with van der Waals surface area (Å²) in [5.41, 5.74) is 2.89. The Labute approximate surface area is 61.0 Å². The first kappa shape index (κ1) is 5.96. The van der Waals surface area contributed by atoms with E-state index in [-0.39, 0.29) is 0 Å². The third-order valence-corrected chi connectivity index (χ3v) is 2.09. The van der Waals surface area contributed by atoms with E-state index in [1.54, 1.807) is 0 Å². The highest BCUT2D eigenvalue weighted by Gasteiger charge is 2.11. The van der Waals surface area contributed by atoms with E-state index in [4.69, 9.17) is 0 Å². The summed E-state index contributed by atoms with van der Waals surface area (Å²) < 4.78 is 0. The highest BCUT2D eigenvalue weighted by atomic mass is 14.9. The van der Waals surface area contributed by atoms with Crippen molar-refractivity contribution in [2.75, 3.05) is 13.1 Å². The average Bonchev–Trinajstić information content (AvgIpc) is 2.05. The van der Waals surface area contributed by atoms with E-state index < -0.39 is 0 Å². The molecule has 2 aliphatic heterocycles. The average molecular weight is 136 g/mol. The molecule has 0 unspecified atom stereocenters. The lowest BCUT2D eigenvalue weighted by molar-refractivity contribution is 0.641. The molecule has 2 aliphatic rings. The lowest BCUT2D eigenvalue weighted by Crippen LogP contribution is -2.24. The Morgan fingerprint density at radius 3 is 3.30 bits per heavy atom. The van der Waals surface area contributed by atoms with E-state index in [0.717, 1.165) is 19.5 Å². The molecule has 2 rings (SSSR count). The van der Waals surface area contributed by atoms with Crippen molar-refractivity contribution in [3.8, 4) is 0 Å². The third kappa shape index (κ3) is 0.939. The van der Waals surface area contributed by atoms with Gasteiger partial charge in [0.1, 0.15) is 0 Å². The fourth-order valence-electron chi connectivity index (χ4n) is 1.53. The van der Waals surface area contributed by atoms with Crippen LogP contribution in [0.1, 0.15) is 19.3 Å². The van der Waals surface area contributed by atoms with Crippen LogP contribution in [0, 0.1) is 0 Å². The molecule has 0 fully saturated rings. The predicted octanol–water partition coefficient (Wildman–Crippen LogP) is 1.10. The van der Waals surface area contributed by atoms with Crippen LogP contribution in [-0.4, -0.2) is 19.3 Å². The second-order valence-electron chi connectivity index (χ2n) is 2.82. The molecule has 0 aromatic rings. The Morgan fingerprint density at radius 2 is 2.40 bits per heavy atom. The Kier molecular flexibility index (Phi) is 1.46. The smallest absolute Gasteiger partial charge is 0.0444 e. The van der Waals surface area contributed by atoms with Crippen molar-refractivity contribution >= 4 is 6.21 Å². The van der Waals surface area contributed by atoms with E-state index in [2.05, 4.69) is 10.3 Å². The molecule has 0 amide bonds. The molecule has 10 heavy (non-hydrogen) atoms. The van der Waals surface area contributed by atoms with Crippen LogP contribution in [0.4, 0.5) is 0 Å². The maximum atomic E-state index is 4.24. The second-order valence-corrected chi connectivity index (χ2v) is 2.82. The molecular weight excluding hydrogens is 124 g/mol. The predicted molar refractivity (Wildman–Crippen MR) is 42.2 cm³/mol. The largest absolute Gasteiger partial charge is 0.388 e. The molecule has 0 spiro atoms. The number of nitrogens with zero attached hydrogens (tertiary/aromatic N) is 1. The van der Waals surface area contributed by atoms with Crippen molar-refractivity contribution in [2.45, 2.75) is 19.3 Å². The molecule has 0 aromatic carbocycles. The van der Waals surface area contributed by atoms with Gasteiger partial charge in [0, 0.05) is 31.4 Å². The van der Waals surface area contributed by atoms with E-state index in [1.807, 2.05) is 6.21 Å². The molecule has 2 heteroatoms. The lowest BCUT2D eigenvalue weighted by Gasteiger charge is -2.21. The zero-order valence-electron chi connectivity index (χ0n) is 6.06.